The Morgan fingerprint density at radius 1 is 0.909 bits per heavy atom. The van der Waals surface area contributed by atoms with E-state index in [9.17, 15) is 4.79 Å². The monoisotopic (exact) mass is 449 g/mol. The van der Waals surface area contributed by atoms with Gasteiger partial charge in [-0.2, -0.15) is 0 Å². The van der Waals surface area contributed by atoms with Crippen molar-refractivity contribution >= 4 is 5.91 Å². The fourth-order valence-corrected chi connectivity index (χ4v) is 6.69. The molecule has 0 atom stereocenters. The molecule has 4 aliphatic rings. The zero-order chi connectivity index (χ0) is 22.5. The Labute approximate surface area is 196 Å². The van der Waals surface area contributed by atoms with E-state index in [1.54, 1.807) is 12.1 Å². The number of piperidine rings is 1. The molecule has 0 bridgehead atoms. The molecule has 6 rings (SSSR count). The van der Waals surface area contributed by atoms with Crippen molar-refractivity contribution in [2.24, 2.45) is 5.41 Å². The highest BCUT2D eigenvalue weighted by Gasteiger charge is 2.52. The van der Waals surface area contributed by atoms with Crippen LogP contribution in [0.1, 0.15) is 60.4 Å². The molecule has 1 spiro atoms. The molecule has 0 unspecified atom stereocenters. The van der Waals surface area contributed by atoms with Crippen LogP contribution in [0, 0.1) is 5.41 Å². The van der Waals surface area contributed by atoms with Crippen LogP contribution in [0.4, 0.5) is 0 Å². The molecule has 1 aromatic heterocycles. The average Bonchev–Trinajstić information content (AvgIpc) is 3.53. The second kappa shape index (κ2) is 8.26. The maximum Gasteiger partial charge on any atom is 0.289 e. The summed E-state index contributed by atoms with van der Waals surface area (Å²) in [6, 6.07) is 15.2. The first-order chi connectivity index (χ1) is 16.1. The third kappa shape index (κ3) is 3.82. The Bertz CT molecular complexity index is 975. The van der Waals surface area contributed by atoms with Crippen LogP contribution in [0.5, 0.6) is 0 Å². The van der Waals surface area contributed by atoms with Crippen molar-refractivity contribution < 1.29 is 14.3 Å². The van der Waals surface area contributed by atoms with Crippen molar-refractivity contribution in [2.45, 2.75) is 56.7 Å². The number of aliphatic hydroxyl groups is 1. The number of piperazine rings is 1. The van der Waals surface area contributed by atoms with E-state index in [-0.39, 0.29) is 12.5 Å². The highest BCUT2D eigenvalue weighted by Crippen LogP contribution is 2.53. The summed E-state index contributed by atoms with van der Waals surface area (Å²) in [4.78, 5) is 20.1. The van der Waals surface area contributed by atoms with Gasteiger partial charge in [0.25, 0.3) is 5.91 Å². The summed E-state index contributed by atoms with van der Waals surface area (Å²) in [7, 11) is 0. The van der Waals surface area contributed by atoms with Crippen LogP contribution >= 0.6 is 0 Å². The number of hydrogen-bond donors (Lipinski definition) is 1. The molecule has 2 aromatic rings. The number of carbonyl (C=O) groups excluding carboxylic acids is 1. The highest BCUT2D eigenvalue weighted by atomic mass is 16.4. The van der Waals surface area contributed by atoms with E-state index < -0.39 is 0 Å². The minimum Gasteiger partial charge on any atom is -0.453 e. The summed E-state index contributed by atoms with van der Waals surface area (Å²) < 4.78 is 5.45. The van der Waals surface area contributed by atoms with Gasteiger partial charge in [-0.25, -0.2) is 0 Å². The van der Waals surface area contributed by atoms with Gasteiger partial charge in [0.1, 0.15) is 12.4 Å². The Kier molecular flexibility index (Phi) is 5.35. The van der Waals surface area contributed by atoms with Crippen LogP contribution < -0.4 is 0 Å². The van der Waals surface area contributed by atoms with Crippen LogP contribution in [-0.4, -0.2) is 71.0 Å². The summed E-state index contributed by atoms with van der Waals surface area (Å²) in [6.07, 6.45) is 7.37. The molecule has 6 heteroatoms. The molecule has 1 N–H and O–H groups in total. The molecule has 2 aliphatic heterocycles. The minimum absolute atomic E-state index is 0.0380. The van der Waals surface area contributed by atoms with Gasteiger partial charge in [-0.3, -0.25) is 14.6 Å². The van der Waals surface area contributed by atoms with Crippen LogP contribution in [0.15, 0.2) is 46.9 Å². The number of amides is 1. The van der Waals surface area contributed by atoms with E-state index in [4.69, 9.17) is 9.52 Å². The lowest BCUT2D eigenvalue weighted by Crippen LogP contribution is -2.60. The standard InChI is InChI=1S/C27H35N3O3/c31-20-23-6-7-24(33-23)25(32)29-12-10-26(11-13-29)18-22(19-26)28-14-16-30(17-15-28)27(8-9-27)21-4-2-1-3-5-21/h1-7,22,31H,8-20H2. The molecule has 1 aromatic carbocycles. The van der Waals surface area contributed by atoms with Crippen LogP contribution in [0.3, 0.4) is 0 Å². The van der Waals surface area contributed by atoms with Gasteiger partial charge < -0.3 is 14.4 Å². The first-order valence-corrected chi connectivity index (χ1v) is 12.6. The fraction of sp³-hybridized carbons (Fsp3) is 0.593. The Morgan fingerprint density at radius 3 is 2.21 bits per heavy atom. The van der Waals surface area contributed by atoms with E-state index in [1.807, 2.05) is 4.90 Å². The van der Waals surface area contributed by atoms with Gasteiger partial charge >= 0.3 is 0 Å². The fourth-order valence-electron chi connectivity index (χ4n) is 6.69. The molecule has 33 heavy (non-hydrogen) atoms. The molecule has 0 radical (unpaired) electrons. The number of benzene rings is 1. The zero-order valence-corrected chi connectivity index (χ0v) is 19.4. The first-order valence-electron chi connectivity index (χ1n) is 12.6. The minimum atomic E-state index is -0.167. The lowest BCUT2D eigenvalue weighted by Gasteiger charge is -2.56. The lowest BCUT2D eigenvalue weighted by atomic mass is 9.60. The highest BCUT2D eigenvalue weighted by molar-refractivity contribution is 5.91. The molecule has 2 saturated carbocycles. The van der Waals surface area contributed by atoms with Crippen LogP contribution in [0.25, 0.3) is 0 Å². The largest absolute Gasteiger partial charge is 0.453 e. The molecule has 4 fully saturated rings. The molecular weight excluding hydrogens is 414 g/mol. The van der Waals surface area contributed by atoms with Crippen molar-refractivity contribution in [3.63, 3.8) is 0 Å². The van der Waals surface area contributed by atoms with Gasteiger partial charge in [-0.15, -0.1) is 0 Å². The number of aliphatic hydroxyl groups excluding tert-OH is 1. The van der Waals surface area contributed by atoms with Gasteiger partial charge in [0.15, 0.2) is 5.76 Å². The van der Waals surface area contributed by atoms with E-state index in [0.29, 0.717) is 22.5 Å². The summed E-state index contributed by atoms with van der Waals surface area (Å²) >= 11 is 0. The number of hydrogen-bond acceptors (Lipinski definition) is 5. The number of rotatable bonds is 5. The van der Waals surface area contributed by atoms with Gasteiger partial charge in [0.05, 0.1) is 0 Å². The maximum absolute atomic E-state index is 12.7. The molecule has 176 valence electrons. The van der Waals surface area contributed by atoms with Gasteiger partial charge in [0.2, 0.25) is 0 Å². The van der Waals surface area contributed by atoms with Gasteiger partial charge in [-0.05, 0) is 61.6 Å². The van der Waals surface area contributed by atoms with Crippen molar-refractivity contribution in [3.8, 4) is 0 Å². The quantitative estimate of drug-likeness (QED) is 0.758. The number of carbonyl (C=O) groups is 1. The average molecular weight is 450 g/mol. The van der Waals surface area contributed by atoms with Crippen molar-refractivity contribution in [1.29, 1.82) is 0 Å². The Morgan fingerprint density at radius 2 is 1.61 bits per heavy atom. The maximum atomic E-state index is 12.7. The molecule has 2 saturated heterocycles. The Balaban J connectivity index is 0.982. The predicted octanol–water partition coefficient (Wildman–Crippen LogP) is 3.46. The van der Waals surface area contributed by atoms with E-state index in [1.165, 1.54) is 57.4 Å². The van der Waals surface area contributed by atoms with Gasteiger partial charge in [0, 0.05) is 50.8 Å². The molecule has 2 aliphatic carbocycles. The lowest BCUT2D eigenvalue weighted by molar-refractivity contribution is -0.0571. The summed E-state index contributed by atoms with van der Waals surface area (Å²) in [5, 5.41) is 9.17. The molecule has 3 heterocycles. The Hall–Kier alpha value is -2.15. The van der Waals surface area contributed by atoms with Crippen molar-refractivity contribution in [1.82, 2.24) is 14.7 Å². The number of nitrogens with zero attached hydrogens (tertiary/aromatic N) is 3. The SMILES string of the molecule is O=C(c1ccc(CO)o1)N1CCC2(CC1)CC(N1CCN(C3(c4ccccc4)CC3)CC1)C2. The topological polar surface area (TPSA) is 60.2 Å². The predicted molar refractivity (Wildman–Crippen MR) is 126 cm³/mol. The normalized spacial score (nSPS) is 25.2. The third-order valence-electron chi connectivity index (χ3n) is 8.95. The summed E-state index contributed by atoms with van der Waals surface area (Å²) in [6.45, 7) is 6.19. The number of likely N-dealkylation sites (tertiary alicyclic amines) is 1. The smallest absolute Gasteiger partial charge is 0.289 e. The first kappa shape index (κ1) is 21.4. The second-order valence-electron chi connectivity index (χ2n) is 10.7. The summed E-state index contributed by atoms with van der Waals surface area (Å²) in [5.74, 6) is 0.761. The van der Waals surface area contributed by atoms with Crippen molar-refractivity contribution in [3.05, 3.63) is 59.5 Å². The van der Waals surface area contributed by atoms with E-state index >= 15 is 0 Å². The van der Waals surface area contributed by atoms with Gasteiger partial charge in [-0.1, -0.05) is 30.3 Å². The zero-order valence-electron chi connectivity index (χ0n) is 19.4. The molecule has 1 amide bonds. The van der Waals surface area contributed by atoms with Crippen LogP contribution in [-0.2, 0) is 12.1 Å². The van der Waals surface area contributed by atoms with E-state index in [2.05, 4.69) is 40.1 Å². The van der Waals surface area contributed by atoms with E-state index in [0.717, 1.165) is 32.0 Å². The van der Waals surface area contributed by atoms with Crippen molar-refractivity contribution in [2.75, 3.05) is 39.3 Å². The molecule has 6 nitrogen and oxygen atoms in total. The summed E-state index contributed by atoms with van der Waals surface area (Å²) in [5.41, 5.74) is 2.25. The molecular formula is C27H35N3O3. The second-order valence-corrected chi connectivity index (χ2v) is 10.7. The third-order valence-corrected chi connectivity index (χ3v) is 8.95. The van der Waals surface area contributed by atoms with Crippen LogP contribution in [0.2, 0.25) is 0 Å². The number of furan rings is 1.